The Morgan fingerprint density at radius 2 is 2.22 bits per heavy atom. The molecule has 0 saturated carbocycles. The van der Waals surface area contributed by atoms with Crippen LogP contribution in [0.5, 0.6) is 0 Å². The van der Waals surface area contributed by atoms with Gasteiger partial charge in [0.15, 0.2) is 11.8 Å². The Hall–Kier alpha value is -1.59. The molecule has 0 aromatic carbocycles. The fourth-order valence-electron chi connectivity index (χ4n) is 2.13. The second-order valence-electron chi connectivity index (χ2n) is 4.49. The van der Waals surface area contributed by atoms with Gasteiger partial charge in [0.05, 0.1) is 6.54 Å². The van der Waals surface area contributed by atoms with Gasteiger partial charge in [-0.05, 0) is 19.3 Å². The van der Waals surface area contributed by atoms with Crippen LogP contribution in [0.4, 0.5) is 0 Å². The van der Waals surface area contributed by atoms with Crippen molar-refractivity contribution in [1.82, 2.24) is 25.4 Å². The van der Waals surface area contributed by atoms with E-state index in [0.29, 0.717) is 6.54 Å². The number of hydrogen-bond donors (Lipinski definition) is 2. The van der Waals surface area contributed by atoms with E-state index >= 15 is 0 Å². The lowest BCUT2D eigenvalue weighted by Crippen LogP contribution is -2.37. The summed E-state index contributed by atoms with van der Waals surface area (Å²) in [5.74, 6) is 2.95. The molecule has 18 heavy (non-hydrogen) atoms. The topological polar surface area (TPSA) is 67.1 Å². The third-order valence-electron chi connectivity index (χ3n) is 3.12. The Kier molecular flexibility index (Phi) is 4.55. The molecule has 0 atom stereocenters. The van der Waals surface area contributed by atoms with Crippen molar-refractivity contribution in [1.29, 1.82) is 0 Å². The van der Waals surface area contributed by atoms with Crippen LogP contribution in [0.25, 0.3) is 0 Å². The minimum absolute atomic E-state index is 0.677. The van der Waals surface area contributed by atoms with E-state index in [1.807, 2.05) is 0 Å². The third kappa shape index (κ3) is 3.00. The molecule has 0 aliphatic carbocycles. The largest absolute Gasteiger partial charge is 0.356 e. The van der Waals surface area contributed by atoms with E-state index in [0.717, 1.165) is 43.5 Å². The number of guanidine groups is 1. The number of fused-ring (bicyclic) bond motifs is 1. The SMILES string of the molecule is CCCNC(=NC)NCc1nnc2n1CCCC2. The van der Waals surface area contributed by atoms with Crippen LogP contribution in [-0.4, -0.2) is 34.3 Å². The lowest BCUT2D eigenvalue weighted by Gasteiger charge is -2.15. The van der Waals surface area contributed by atoms with Crippen molar-refractivity contribution in [2.75, 3.05) is 13.6 Å². The molecule has 1 aromatic heterocycles. The lowest BCUT2D eigenvalue weighted by atomic mass is 10.2. The Labute approximate surface area is 108 Å². The summed E-state index contributed by atoms with van der Waals surface area (Å²) in [7, 11) is 1.78. The van der Waals surface area contributed by atoms with Gasteiger partial charge in [0.25, 0.3) is 0 Å². The van der Waals surface area contributed by atoms with Gasteiger partial charge in [-0.2, -0.15) is 0 Å². The molecule has 0 unspecified atom stereocenters. The van der Waals surface area contributed by atoms with Crippen LogP contribution in [0, 0.1) is 0 Å². The molecule has 1 aliphatic rings. The fraction of sp³-hybridized carbons (Fsp3) is 0.750. The summed E-state index contributed by atoms with van der Waals surface area (Å²) in [4.78, 5) is 4.17. The molecular formula is C12H22N6. The molecule has 0 saturated heterocycles. The third-order valence-corrected chi connectivity index (χ3v) is 3.12. The van der Waals surface area contributed by atoms with E-state index in [1.165, 1.54) is 12.8 Å². The smallest absolute Gasteiger partial charge is 0.191 e. The van der Waals surface area contributed by atoms with Crippen LogP contribution < -0.4 is 10.6 Å². The zero-order valence-electron chi connectivity index (χ0n) is 11.2. The van der Waals surface area contributed by atoms with Crippen LogP contribution in [0.15, 0.2) is 4.99 Å². The van der Waals surface area contributed by atoms with Crippen molar-refractivity contribution >= 4 is 5.96 Å². The van der Waals surface area contributed by atoms with Gasteiger partial charge in [-0.1, -0.05) is 6.92 Å². The van der Waals surface area contributed by atoms with Gasteiger partial charge in [-0.15, -0.1) is 10.2 Å². The fourth-order valence-corrected chi connectivity index (χ4v) is 2.13. The van der Waals surface area contributed by atoms with Crippen LogP contribution in [0.1, 0.15) is 37.8 Å². The highest BCUT2D eigenvalue weighted by Crippen LogP contribution is 2.13. The van der Waals surface area contributed by atoms with Crippen LogP contribution in [0.2, 0.25) is 0 Å². The van der Waals surface area contributed by atoms with Crippen molar-refractivity contribution in [2.45, 2.75) is 45.7 Å². The number of rotatable bonds is 4. The molecule has 6 heteroatoms. The predicted molar refractivity (Wildman–Crippen MR) is 71.5 cm³/mol. The summed E-state index contributed by atoms with van der Waals surface area (Å²) in [6.07, 6.45) is 4.59. The van der Waals surface area contributed by atoms with Crippen molar-refractivity contribution in [3.05, 3.63) is 11.6 Å². The van der Waals surface area contributed by atoms with Crippen molar-refractivity contribution in [3.63, 3.8) is 0 Å². The Morgan fingerprint density at radius 1 is 1.33 bits per heavy atom. The molecule has 0 amide bonds. The first-order valence-electron chi connectivity index (χ1n) is 6.70. The predicted octanol–water partition coefficient (Wildman–Crippen LogP) is 0.689. The molecule has 2 heterocycles. The van der Waals surface area contributed by atoms with Gasteiger partial charge in [-0.25, -0.2) is 0 Å². The highest BCUT2D eigenvalue weighted by Gasteiger charge is 2.15. The molecule has 2 N–H and O–H groups in total. The first kappa shape index (κ1) is 12.9. The van der Waals surface area contributed by atoms with Crippen molar-refractivity contribution < 1.29 is 0 Å². The van der Waals surface area contributed by atoms with Gasteiger partial charge in [-0.3, -0.25) is 4.99 Å². The average molecular weight is 250 g/mol. The second-order valence-corrected chi connectivity index (χ2v) is 4.49. The maximum absolute atomic E-state index is 4.25. The molecule has 0 radical (unpaired) electrons. The van der Waals surface area contributed by atoms with Gasteiger partial charge in [0, 0.05) is 26.6 Å². The van der Waals surface area contributed by atoms with Crippen LogP contribution in [0.3, 0.4) is 0 Å². The second kappa shape index (κ2) is 6.37. The maximum atomic E-state index is 4.25. The lowest BCUT2D eigenvalue weighted by molar-refractivity contribution is 0.504. The quantitative estimate of drug-likeness (QED) is 0.609. The number of nitrogens with zero attached hydrogens (tertiary/aromatic N) is 4. The number of aryl methyl sites for hydroxylation is 1. The maximum Gasteiger partial charge on any atom is 0.191 e. The van der Waals surface area contributed by atoms with Gasteiger partial charge >= 0.3 is 0 Å². The van der Waals surface area contributed by atoms with E-state index in [9.17, 15) is 0 Å². The first-order valence-corrected chi connectivity index (χ1v) is 6.70. The molecular weight excluding hydrogens is 228 g/mol. The average Bonchev–Trinajstić information content (AvgIpc) is 2.82. The zero-order valence-corrected chi connectivity index (χ0v) is 11.2. The van der Waals surface area contributed by atoms with Gasteiger partial charge < -0.3 is 15.2 Å². The van der Waals surface area contributed by atoms with E-state index in [2.05, 4.69) is 37.3 Å². The van der Waals surface area contributed by atoms with Gasteiger partial charge in [0.2, 0.25) is 0 Å². The zero-order chi connectivity index (χ0) is 12.8. The highest BCUT2D eigenvalue weighted by atomic mass is 15.3. The molecule has 0 bridgehead atoms. The molecule has 6 nitrogen and oxygen atoms in total. The van der Waals surface area contributed by atoms with Crippen LogP contribution >= 0.6 is 0 Å². The highest BCUT2D eigenvalue weighted by molar-refractivity contribution is 5.79. The van der Waals surface area contributed by atoms with E-state index < -0.39 is 0 Å². The number of aromatic nitrogens is 3. The van der Waals surface area contributed by atoms with Crippen molar-refractivity contribution in [2.24, 2.45) is 4.99 Å². The monoisotopic (exact) mass is 250 g/mol. The Balaban J connectivity index is 1.91. The molecule has 1 aromatic rings. The summed E-state index contributed by atoms with van der Waals surface area (Å²) in [5.41, 5.74) is 0. The van der Waals surface area contributed by atoms with E-state index in [1.54, 1.807) is 7.05 Å². The van der Waals surface area contributed by atoms with Crippen LogP contribution in [-0.2, 0) is 19.5 Å². The summed E-state index contributed by atoms with van der Waals surface area (Å²) in [6.45, 7) is 4.78. The summed E-state index contributed by atoms with van der Waals surface area (Å²) >= 11 is 0. The van der Waals surface area contributed by atoms with Crippen molar-refractivity contribution in [3.8, 4) is 0 Å². The van der Waals surface area contributed by atoms with E-state index in [-0.39, 0.29) is 0 Å². The molecule has 100 valence electrons. The first-order chi connectivity index (χ1) is 8.85. The number of nitrogens with one attached hydrogen (secondary N) is 2. The molecule has 0 fully saturated rings. The Bertz CT molecular complexity index is 409. The summed E-state index contributed by atoms with van der Waals surface area (Å²) < 4.78 is 2.23. The standard InChI is InChI=1S/C12H22N6/c1-3-7-14-12(13-2)15-9-11-17-16-10-6-4-5-8-18(10)11/h3-9H2,1-2H3,(H2,13,14,15). The minimum Gasteiger partial charge on any atom is -0.356 e. The molecule has 2 rings (SSSR count). The van der Waals surface area contributed by atoms with Gasteiger partial charge in [0.1, 0.15) is 5.82 Å². The normalized spacial score (nSPS) is 15.3. The van der Waals surface area contributed by atoms with E-state index in [4.69, 9.17) is 0 Å². The minimum atomic E-state index is 0.677. The molecule has 1 aliphatic heterocycles. The number of aliphatic imine (C=N–C) groups is 1. The summed E-state index contributed by atoms with van der Waals surface area (Å²) in [6, 6.07) is 0. The number of hydrogen-bond acceptors (Lipinski definition) is 3. The Morgan fingerprint density at radius 3 is 3.00 bits per heavy atom. The summed E-state index contributed by atoms with van der Waals surface area (Å²) in [5, 5.41) is 15.0. The molecule has 0 spiro atoms.